The third-order valence-corrected chi connectivity index (χ3v) is 2.94. The van der Waals surface area contributed by atoms with Crippen LogP contribution in [0.3, 0.4) is 0 Å². The van der Waals surface area contributed by atoms with Gasteiger partial charge in [-0.2, -0.15) is 0 Å². The van der Waals surface area contributed by atoms with Crippen molar-refractivity contribution in [2.24, 2.45) is 0 Å². The van der Waals surface area contributed by atoms with Crippen LogP contribution in [-0.2, 0) is 18.3 Å². The second kappa shape index (κ2) is 6.55. The van der Waals surface area contributed by atoms with E-state index in [0.29, 0.717) is 13.2 Å². The fourth-order valence-electron chi connectivity index (χ4n) is 0.724. The monoisotopic (exact) mass is 209 g/mol. The predicted octanol–water partition coefficient (Wildman–Crippen LogP) is 2.45. The summed E-state index contributed by atoms with van der Waals surface area (Å²) in [7, 11) is -3.04. The minimum atomic E-state index is -3.04. The van der Waals surface area contributed by atoms with Crippen LogP contribution in [0.1, 0.15) is 20.8 Å². The van der Waals surface area contributed by atoms with Gasteiger partial charge in [0.2, 0.25) is 0 Å². The summed E-state index contributed by atoms with van der Waals surface area (Å²) < 4.78 is 26.8. The lowest BCUT2D eigenvalue weighted by molar-refractivity contribution is 0.103. The number of hydrogen-bond acceptors (Lipinski definition) is 4. The van der Waals surface area contributed by atoms with Crippen LogP contribution in [-0.4, -0.2) is 25.7 Å². The fraction of sp³-hybridized carbons (Fsp3) is 0.875. The van der Waals surface area contributed by atoms with Crippen molar-refractivity contribution in [1.82, 2.24) is 0 Å². The smallest absolute Gasteiger partial charge is 0.356 e. The molecular formula is C8H18O4P. The van der Waals surface area contributed by atoms with Crippen LogP contribution >= 0.6 is 7.60 Å². The maximum Gasteiger partial charge on any atom is 0.356 e. The molecule has 0 bridgehead atoms. The first kappa shape index (κ1) is 13.1. The molecular weight excluding hydrogens is 191 g/mol. The second-order valence-electron chi connectivity index (χ2n) is 2.55. The predicted molar refractivity (Wildman–Crippen MR) is 51.6 cm³/mol. The van der Waals surface area contributed by atoms with Gasteiger partial charge >= 0.3 is 7.60 Å². The van der Waals surface area contributed by atoms with E-state index in [4.69, 9.17) is 13.8 Å². The van der Waals surface area contributed by atoms with Crippen LogP contribution in [0.25, 0.3) is 0 Å². The van der Waals surface area contributed by atoms with E-state index in [9.17, 15) is 4.57 Å². The minimum absolute atomic E-state index is 0.0284. The van der Waals surface area contributed by atoms with Crippen molar-refractivity contribution >= 4 is 7.60 Å². The average Bonchev–Trinajstić information content (AvgIpc) is 2.02. The van der Waals surface area contributed by atoms with Crippen LogP contribution in [0, 0.1) is 6.92 Å². The van der Waals surface area contributed by atoms with Gasteiger partial charge in [0.1, 0.15) is 6.35 Å². The first-order valence-corrected chi connectivity index (χ1v) is 6.09. The van der Waals surface area contributed by atoms with Gasteiger partial charge in [0.15, 0.2) is 0 Å². The summed E-state index contributed by atoms with van der Waals surface area (Å²) >= 11 is 0. The lowest BCUT2D eigenvalue weighted by Gasteiger charge is -2.17. The molecule has 0 saturated carbocycles. The zero-order valence-corrected chi connectivity index (χ0v) is 9.38. The molecule has 0 amide bonds. The summed E-state index contributed by atoms with van der Waals surface area (Å²) in [4.78, 5) is 0. The third-order valence-electron chi connectivity index (χ3n) is 1.17. The standard InChI is InChI=1S/C8H18O4P/c1-5-11-13(9,12-6-2)7-10-8(3)4/h8H,3,5-7H2,1-2,4H3. The molecule has 5 heteroatoms. The molecule has 0 aromatic rings. The van der Waals surface area contributed by atoms with Crippen LogP contribution in [0.5, 0.6) is 0 Å². The van der Waals surface area contributed by atoms with E-state index in [2.05, 4.69) is 6.92 Å². The van der Waals surface area contributed by atoms with Gasteiger partial charge < -0.3 is 13.8 Å². The molecule has 1 radical (unpaired) electrons. The van der Waals surface area contributed by atoms with Gasteiger partial charge in [0.25, 0.3) is 0 Å². The van der Waals surface area contributed by atoms with Gasteiger partial charge in [-0.3, -0.25) is 4.57 Å². The fourth-order valence-corrected chi connectivity index (χ4v) is 2.17. The molecule has 0 N–H and O–H groups in total. The normalized spacial score (nSPS) is 12.4. The van der Waals surface area contributed by atoms with Crippen molar-refractivity contribution in [3.8, 4) is 0 Å². The summed E-state index contributed by atoms with van der Waals surface area (Å²) in [5, 5.41) is 0. The Bertz CT molecular complexity index is 160. The highest BCUT2D eigenvalue weighted by Gasteiger charge is 2.24. The second-order valence-corrected chi connectivity index (χ2v) is 4.55. The van der Waals surface area contributed by atoms with Gasteiger partial charge in [-0.15, -0.1) is 0 Å². The van der Waals surface area contributed by atoms with Gasteiger partial charge in [-0.05, 0) is 27.7 Å². The summed E-state index contributed by atoms with van der Waals surface area (Å²) in [5.74, 6) is 0. The Balaban J connectivity index is 3.99. The Morgan fingerprint density at radius 3 is 2.08 bits per heavy atom. The zero-order valence-electron chi connectivity index (χ0n) is 8.49. The van der Waals surface area contributed by atoms with Crippen molar-refractivity contribution in [2.75, 3.05) is 19.6 Å². The summed E-state index contributed by atoms with van der Waals surface area (Å²) in [6.07, 6.45) is -0.242. The quantitative estimate of drug-likeness (QED) is 0.604. The van der Waals surface area contributed by atoms with Crippen molar-refractivity contribution in [1.29, 1.82) is 0 Å². The first-order chi connectivity index (χ1) is 6.04. The van der Waals surface area contributed by atoms with E-state index >= 15 is 0 Å². The molecule has 1 unspecified atom stereocenters. The Hall–Kier alpha value is 0.110. The van der Waals surface area contributed by atoms with E-state index in [1.807, 2.05) is 0 Å². The Morgan fingerprint density at radius 1 is 1.31 bits per heavy atom. The van der Waals surface area contributed by atoms with Gasteiger partial charge in [0.05, 0.1) is 19.3 Å². The van der Waals surface area contributed by atoms with Gasteiger partial charge in [0, 0.05) is 0 Å². The van der Waals surface area contributed by atoms with Crippen LogP contribution in [0.4, 0.5) is 0 Å². The molecule has 0 aliphatic carbocycles. The summed E-state index contributed by atoms with van der Waals surface area (Å²) in [6.45, 7) is 9.61. The highest BCUT2D eigenvalue weighted by Crippen LogP contribution is 2.47. The van der Waals surface area contributed by atoms with Gasteiger partial charge in [-0.1, -0.05) is 0 Å². The molecule has 4 nitrogen and oxygen atoms in total. The number of ether oxygens (including phenoxy) is 1. The summed E-state index contributed by atoms with van der Waals surface area (Å²) in [5.41, 5.74) is 0. The lowest BCUT2D eigenvalue weighted by atomic mass is 10.5. The molecule has 79 valence electrons. The molecule has 0 saturated heterocycles. The molecule has 13 heavy (non-hydrogen) atoms. The molecule has 0 rings (SSSR count). The lowest BCUT2D eigenvalue weighted by Crippen LogP contribution is -2.08. The topological polar surface area (TPSA) is 44.8 Å². The first-order valence-electron chi connectivity index (χ1n) is 4.37. The third kappa shape index (κ3) is 6.22. The number of hydrogen-bond donors (Lipinski definition) is 0. The molecule has 0 fully saturated rings. The molecule has 0 heterocycles. The molecule has 0 aliphatic rings. The van der Waals surface area contributed by atoms with Crippen LogP contribution < -0.4 is 0 Å². The zero-order chi connectivity index (χ0) is 10.3. The number of rotatable bonds is 7. The Labute approximate surface area is 80.1 Å². The minimum Gasteiger partial charge on any atom is -0.366 e. The summed E-state index contributed by atoms with van der Waals surface area (Å²) in [6, 6.07) is 0. The van der Waals surface area contributed by atoms with Crippen molar-refractivity contribution < 1.29 is 18.3 Å². The Kier molecular flexibility index (Phi) is 6.60. The highest BCUT2D eigenvalue weighted by atomic mass is 31.2. The molecule has 0 aromatic carbocycles. The molecule has 1 atom stereocenters. The molecule has 0 aliphatic heterocycles. The van der Waals surface area contributed by atoms with E-state index in [1.165, 1.54) is 0 Å². The van der Waals surface area contributed by atoms with Crippen LogP contribution in [0.2, 0.25) is 0 Å². The average molecular weight is 209 g/mol. The largest absolute Gasteiger partial charge is 0.366 e. The van der Waals surface area contributed by atoms with Gasteiger partial charge in [-0.25, -0.2) is 0 Å². The van der Waals surface area contributed by atoms with E-state index in [0.717, 1.165) is 0 Å². The van der Waals surface area contributed by atoms with Crippen molar-refractivity contribution in [3.63, 3.8) is 0 Å². The van der Waals surface area contributed by atoms with E-state index in [-0.39, 0.29) is 12.5 Å². The Morgan fingerprint density at radius 2 is 1.77 bits per heavy atom. The SMILES string of the molecule is [CH2]C(C)OCP(=O)(OCC)OCC. The van der Waals surface area contributed by atoms with E-state index in [1.54, 1.807) is 20.8 Å². The van der Waals surface area contributed by atoms with Crippen molar-refractivity contribution in [3.05, 3.63) is 6.92 Å². The van der Waals surface area contributed by atoms with Crippen LogP contribution in [0.15, 0.2) is 0 Å². The molecule has 0 spiro atoms. The molecule has 0 aromatic heterocycles. The maximum absolute atomic E-state index is 11.7. The van der Waals surface area contributed by atoms with E-state index < -0.39 is 7.60 Å². The van der Waals surface area contributed by atoms with Crippen molar-refractivity contribution in [2.45, 2.75) is 26.9 Å². The highest BCUT2D eigenvalue weighted by molar-refractivity contribution is 7.53. The maximum atomic E-state index is 11.7.